The van der Waals surface area contributed by atoms with Gasteiger partial charge in [-0.3, -0.25) is 14.6 Å². The number of para-hydroxylation sites is 1. The third kappa shape index (κ3) is 2.83. The first-order valence-electron chi connectivity index (χ1n) is 6.18. The summed E-state index contributed by atoms with van der Waals surface area (Å²) in [6, 6.07) is 8.21. The zero-order valence-corrected chi connectivity index (χ0v) is 10.9. The molecule has 0 aliphatic heterocycles. The van der Waals surface area contributed by atoms with Gasteiger partial charge in [-0.05, 0) is 18.6 Å². The van der Waals surface area contributed by atoms with Crippen LogP contribution in [0, 0.1) is 0 Å². The number of fused-ring (bicyclic) bond motifs is 1. The van der Waals surface area contributed by atoms with Gasteiger partial charge < -0.3 is 11.1 Å². The number of nitrogens with two attached hydrogens (primary N) is 1. The van der Waals surface area contributed by atoms with Crippen LogP contribution in [-0.2, 0) is 4.79 Å². The summed E-state index contributed by atoms with van der Waals surface area (Å²) in [4.78, 5) is 27.7. The maximum atomic E-state index is 12.3. The number of nitrogens with zero attached hydrogens (tertiary/aromatic N) is 1. The Labute approximate surface area is 116 Å². The topological polar surface area (TPSA) is 85.1 Å². The van der Waals surface area contributed by atoms with Crippen LogP contribution in [0.4, 0.5) is 0 Å². The minimum atomic E-state index is -0.765. The van der Waals surface area contributed by atoms with Gasteiger partial charge in [0.2, 0.25) is 5.91 Å². The van der Waals surface area contributed by atoms with Gasteiger partial charge in [0.15, 0.2) is 0 Å². The smallest absolute Gasteiger partial charge is 0.254 e. The Kier molecular flexibility index (Phi) is 4.10. The lowest BCUT2D eigenvalue weighted by Crippen LogP contribution is -2.44. The van der Waals surface area contributed by atoms with Crippen molar-refractivity contribution < 1.29 is 9.59 Å². The number of hydrogen-bond donors (Lipinski definition) is 2. The second-order valence-corrected chi connectivity index (χ2v) is 4.33. The van der Waals surface area contributed by atoms with E-state index in [1.807, 2.05) is 12.1 Å². The van der Waals surface area contributed by atoms with Gasteiger partial charge in [-0.2, -0.15) is 0 Å². The lowest BCUT2D eigenvalue weighted by atomic mass is 10.1. The predicted molar refractivity (Wildman–Crippen MR) is 77.0 cm³/mol. The highest BCUT2D eigenvalue weighted by Gasteiger charge is 2.19. The van der Waals surface area contributed by atoms with Crippen LogP contribution in [0.3, 0.4) is 0 Å². The van der Waals surface area contributed by atoms with Crippen LogP contribution in [-0.4, -0.2) is 22.8 Å². The molecule has 2 rings (SSSR count). The second kappa shape index (κ2) is 5.97. The molecular formula is C15H15N3O2. The van der Waals surface area contributed by atoms with Crippen molar-refractivity contribution in [2.45, 2.75) is 12.5 Å². The van der Waals surface area contributed by atoms with Crippen molar-refractivity contribution in [1.82, 2.24) is 10.3 Å². The zero-order chi connectivity index (χ0) is 14.5. The van der Waals surface area contributed by atoms with Gasteiger partial charge in [0.05, 0.1) is 11.1 Å². The second-order valence-electron chi connectivity index (χ2n) is 4.33. The summed E-state index contributed by atoms with van der Waals surface area (Å²) in [6.45, 7) is 3.54. The molecule has 0 unspecified atom stereocenters. The zero-order valence-electron chi connectivity index (χ0n) is 10.9. The van der Waals surface area contributed by atoms with Crippen LogP contribution in [0.5, 0.6) is 0 Å². The molecule has 1 heterocycles. The van der Waals surface area contributed by atoms with Gasteiger partial charge in [-0.1, -0.05) is 24.3 Å². The summed E-state index contributed by atoms with van der Waals surface area (Å²) in [5, 5.41) is 3.46. The van der Waals surface area contributed by atoms with Crippen LogP contribution in [0.1, 0.15) is 16.8 Å². The SMILES string of the molecule is C=CC[C@H](NC(=O)c1cccc2cccnc12)C(N)=O. The number of hydrogen-bond acceptors (Lipinski definition) is 3. The third-order valence-corrected chi connectivity index (χ3v) is 2.93. The number of aromatic nitrogens is 1. The van der Waals surface area contributed by atoms with Gasteiger partial charge in [-0.15, -0.1) is 6.58 Å². The summed E-state index contributed by atoms with van der Waals surface area (Å²) < 4.78 is 0. The monoisotopic (exact) mass is 269 g/mol. The minimum Gasteiger partial charge on any atom is -0.368 e. The molecule has 0 saturated carbocycles. The van der Waals surface area contributed by atoms with E-state index in [1.54, 1.807) is 24.4 Å². The highest BCUT2D eigenvalue weighted by atomic mass is 16.2. The Hall–Kier alpha value is -2.69. The number of primary amides is 1. The van der Waals surface area contributed by atoms with Gasteiger partial charge in [0.25, 0.3) is 5.91 Å². The maximum Gasteiger partial charge on any atom is 0.254 e. The molecule has 0 fully saturated rings. The quantitative estimate of drug-likeness (QED) is 0.804. The molecule has 3 N–H and O–H groups in total. The molecule has 0 radical (unpaired) electrons. The molecule has 0 aliphatic carbocycles. The van der Waals surface area contributed by atoms with Crippen molar-refractivity contribution in [2.75, 3.05) is 0 Å². The van der Waals surface area contributed by atoms with Crippen molar-refractivity contribution in [3.63, 3.8) is 0 Å². The summed E-state index contributed by atoms with van der Waals surface area (Å²) >= 11 is 0. The molecular weight excluding hydrogens is 254 g/mol. The van der Waals surface area contributed by atoms with Gasteiger partial charge in [-0.25, -0.2) is 0 Å². The molecule has 5 nitrogen and oxygen atoms in total. The van der Waals surface area contributed by atoms with Crippen molar-refractivity contribution >= 4 is 22.7 Å². The molecule has 5 heteroatoms. The molecule has 2 aromatic rings. The number of nitrogens with one attached hydrogen (secondary N) is 1. The van der Waals surface area contributed by atoms with E-state index in [9.17, 15) is 9.59 Å². The molecule has 20 heavy (non-hydrogen) atoms. The normalized spacial score (nSPS) is 11.8. The average Bonchev–Trinajstić information content (AvgIpc) is 2.46. The van der Waals surface area contributed by atoms with E-state index >= 15 is 0 Å². The fourth-order valence-electron chi connectivity index (χ4n) is 1.94. The largest absolute Gasteiger partial charge is 0.368 e. The highest BCUT2D eigenvalue weighted by molar-refractivity contribution is 6.06. The van der Waals surface area contributed by atoms with Gasteiger partial charge in [0.1, 0.15) is 6.04 Å². The lowest BCUT2D eigenvalue weighted by Gasteiger charge is -2.14. The minimum absolute atomic E-state index is 0.291. The van der Waals surface area contributed by atoms with Crippen molar-refractivity contribution in [1.29, 1.82) is 0 Å². The van der Waals surface area contributed by atoms with Crippen molar-refractivity contribution in [2.24, 2.45) is 5.73 Å². The molecule has 1 aromatic heterocycles. The molecule has 0 spiro atoms. The van der Waals surface area contributed by atoms with Crippen LogP contribution < -0.4 is 11.1 Å². The fraction of sp³-hybridized carbons (Fsp3) is 0.133. The Bertz CT molecular complexity index is 662. The number of carbonyl (C=O) groups excluding carboxylic acids is 2. The number of pyridine rings is 1. The average molecular weight is 269 g/mol. The molecule has 0 aliphatic rings. The van der Waals surface area contributed by atoms with E-state index < -0.39 is 11.9 Å². The van der Waals surface area contributed by atoms with E-state index in [0.29, 0.717) is 17.5 Å². The van der Waals surface area contributed by atoms with Gasteiger partial charge >= 0.3 is 0 Å². The van der Waals surface area contributed by atoms with Crippen molar-refractivity contribution in [3.05, 3.63) is 54.7 Å². The molecule has 0 bridgehead atoms. The van der Waals surface area contributed by atoms with E-state index in [1.165, 1.54) is 6.08 Å². The van der Waals surface area contributed by atoms with Crippen molar-refractivity contribution in [3.8, 4) is 0 Å². The number of benzene rings is 1. The van der Waals surface area contributed by atoms with Crippen LogP contribution in [0.25, 0.3) is 10.9 Å². The van der Waals surface area contributed by atoms with Gasteiger partial charge in [0, 0.05) is 11.6 Å². The maximum absolute atomic E-state index is 12.3. The summed E-state index contributed by atoms with van der Waals surface area (Å²) in [5.41, 5.74) is 6.25. The first-order chi connectivity index (χ1) is 9.63. The number of carbonyl (C=O) groups is 2. The molecule has 2 amide bonds. The summed E-state index contributed by atoms with van der Waals surface area (Å²) in [6.07, 6.45) is 3.45. The van der Waals surface area contributed by atoms with E-state index in [4.69, 9.17) is 5.73 Å². The Balaban J connectivity index is 2.31. The first kappa shape index (κ1) is 13.7. The van der Waals surface area contributed by atoms with Crippen LogP contribution >= 0.6 is 0 Å². The summed E-state index contributed by atoms with van der Waals surface area (Å²) in [7, 11) is 0. The number of rotatable bonds is 5. The highest BCUT2D eigenvalue weighted by Crippen LogP contribution is 2.16. The number of amides is 2. The Morgan fingerprint density at radius 3 is 2.80 bits per heavy atom. The molecule has 1 atom stereocenters. The first-order valence-corrected chi connectivity index (χ1v) is 6.18. The standard InChI is InChI=1S/C15H15N3O2/c1-2-5-12(14(16)19)18-15(20)11-8-3-6-10-7-4-9-17-13(10)11/h2-4,6-9,12H,1,5H2,(H2,16,19)(H,18,20)/t12-/m0/s1. The van der Waals surface area contributed by atoms with Crippen LogP contribution in [0.2, 0.25) is 0 Å². The Morgan fingerprint density at radius 1 is 1.35 bits per heavy atom. The van der Waals surface area contributed by atoms with E-state index in [2.05, 4.69) is 16.9 Å². The third-order valence-electron chi connectivity index (χ3n) is 2.93. The molecule has 0 saturated heterocycles. The predicted octanol–water partition coefficient (Wildman–Crippen LogP) is 1.39. The molecule has 102 valence electrons. The molecule has 1 aromatic carbocycles. The van der Waals surface area contributed by atoms with E-state index in [0.717, 1.165) is 5.39 Å². The fourth-order valence-corrected chi connectivity index (χ4v) is 1.94. The summed E-state index contributed by atoms with van der Waals surface area (Å²) in [5.74, 6) is -0.966. The van der Waals surface area contributed by atoms with Crippen LogP contribution in [0.15, 0.2) is 49.2 Å². The Morgan fingerprint density at radius 2 is 2.10 bits per heavy atom. The van der Waals surface area contributed by atoms with E-state index in [-0.39, 0.29) is 5.91 Å². The lowest BCUT2D eigenvalue weighted by molar-refractivity contribution is -0.119.